The van der Waals surface area contributed by atoms with Gasteiger partial charge in [-0.1, -0.05) is 24.8 Å². The molecule has 0 spiro atoms. The van der Waals surface area contributed by atoms with E-state index in [1.807, 2.05) is 55.2 Å². The lowest BCUT2D eigenvalue weighted by Crippen LogP contribution is -2.28. The van der Waals surface area contributed by atoms with Gasteiger partial charge in [0.05, 0.1) is 22.8 Å². The topological polar surface area (TPSA) is 58.0 Å². The van der Waals surface area contributed by atoms with Gasteiger partial charge < -0.3 is 14.7 Å². The minimum absolute atomic E-state index is 0.0356. The molecule has 136 valence electrons. The average Bonchev–Trinajstić information content (AvgIpc) is 3.15. The summed E-state index contributed by atoms with van der Waals surface area (Å²) in [6.45, 7) is 5.57. The van der Waals surface area contributed by atoms with Crippen molar-refractivity contribution in [3.63, 3.8) is 0 Å². The number of hydrogen-bond donors (Lipinski definition) is 1. The second kappa shape index (κ2) is 7.12. The molecule has 0 bridgehead atoms. The maximum absolute atomic E-state index is 10.3. The summed E-state index contributed by atoms with van der Waals surface area (Å²) in [6, 6.07) is 9.79. The third kappa shape index (κ3) is 3.07. The molecule has 5 nitrogen and oxygen atoms in total. The minimum atomic E-state index is -0.0721. The molecule has 1 aromatic carbocycles. The molecule has 26 heavy (non-hydrogen) atoms. The number of hydrogen-bond acceptors (Lipinski definition) is 6. The Morgan fingerprint density at radius 3 is 2.96 bits per heavy atom. The quantitative estimate of drug-likeness (QED) is 0.766. The third-order valence-corrected chi connectivity index (χ3v) is 6.28. The van der Waals surface area contributed by atoms with Crippen LogP contribution in [0.15, 0.2) is 46.0 Å². The van der Waals surface area contributed by atoms with Crippen LogP contribution >= 0.6 is 27.7 Å². The fourth-order valence-corrected chi connectivity index (χ4v) is 5.06. The normalized spacial score (nSPS) is 24.5. The number of aromatic nitrogens is 1. The van der Waals surface area contributed by atoms with E-state index in [0.717, 1.165) is 23.0 Å². The number of rotatable bonds is 4. The zero-order valence-corrected chi connectivity index (χ0v) is 17.0. The molecule has 0 aliphatic carbocycles. The number of phenolic OH excluding ortho intramolecular Hbond substituents is 1. The summed E-state index contributed by atoms with van der Waals surface area (Å²) in [6.07, 6.45) is 1.81. The SMILES string of the molecule is CCOc1cc([C@@H]2[C@H](c3ccccn3)N=C3S[C@@H](C)CN32)cc(Br)c1O. The van der Waals surface area contributed by atoms with Crippen molar-refractivity contribution in [2.45, 2.75) is 31.2 Å². The zero-order chi connectivity index (χ0) is 18.3. The van der Waals surface area contributed by atoms with Crippen LogP contribution in [0.3, 0.4) is 0 Å². The van der Waals surface area contributed by atoms with Gasteiger partial charge in [0.15, 0.2) is 16.7 Å². The molecule has 0 unspecified atom stereocenters. The number of ether oxygens (including phenoxy) is 1. The van der Waals surface area contributed by atoms with Crippen LogP contribution < -0.4 is 4.74 Å². The van der Waals surface area contributed by atoms with Crippen molar-refractivity contribution in [1.82, 2.24) is 9.88 Å². The van der Waals surface area contributed by atoms with E-state index in [-0.39, 0.29) is 17.8 Å². The number of benzene rings is 1. The van der Waals surface area contributed by atoms with Gasteiger partial charge >= 0.3 is 0 Å². The summed E-state index contributed by atoms with van der Waals surface area (Å²) in [5.41, 5.74) is 2.01. The van der Waals surface area contributed by atoms with Crippen LogP contribution in [-0.4, -0.2) is 38.6 Å². The van der Waals surface area contributed by atoms with Crippen LogP contribution in [0, 0.1) is 0 Å². The lowest BCUT2D eigenvalue weighted by Gasteiger charge is -2.28. The molecular formula is C19H20BrN3O2S. The van der Waals surface area contributed by atoms with Crippen LogP contribution in [0.1, 0.15) is 37.2 Å². The summed E-state index contributed by atoms with van der Waals surface area (Å²) in [5, 5.41) is 11.9. The van der Waals surface area contributed by atoms with E-state index in [1.165, 1.54) is 0 Å². The van der Waals surface area contributed by atoms with E-state index in [4.69, 9.17) is 9.73 Å². The third-order valence-electron chi connectivity index (χ3n) is 4.57. The first-order valence-corrected chi connectivity index (χ1v) is 10.3. The van der Waals surface area contributed by atoms with Crippen LogP contribution in [-0.2, 0) is 0 Å². The van der Waals surface area contributed by atoms with Gasteiger partial charge in [-0.2, -0.15) is 0 Å². The van der Waals surface area contributed by atoms with Gasteiger partial charge in [0.25, 0.3) is 0 Å². The van der Waals surface area contributed by atoms with Crippen LogP contribution in [0.25, 0.3) is 0 Å². The number of thioether (sulfide) groups is 1. The molecule has 3 heterocycles. The van der Waals surface area contributed by atoms with E-state index in [2.05, 4.69) is 32.7 Å². The Kier molecular flexibility index (Phi) is 4.84. The molecule has 1 fully saturated rings. The fourth-order valence-electron chi connectivity index (χ4n) is 3.51. The van der Waals surface area contributed by atoms with Gasteiger partial charge in [-0.05, 0) is 52.7 Å². The number of aromatic hydroxyl groups is 1. The van der Waals surface area contributed by atoms with E-state index in [0.29, 0.717) is 22.1 Å². The molecule has 4 rings (SSSR count). The van der Waals surface area contributed by atoms with Crippen molar-refractivity contribution in [2.24, 2.45) is 4.99 Å². The van der Waals surface area contributed by atoms with Crippen LogP contribution in [0.2, 0.25) is 0 Å². The molecule has 7 heteroatoms. The molecule has 1 aromatic heterocycles. The van der Waals surface area contributed by atoms with E-state index >= 15 is 0 Å². The van der Waals surface area contributed by atoms with Gasteiger partial charge in [-0.3, -0.25) is 9.98 Å². The van der Waals surface area contributed by atoms with Crippen molar-refractivity contribution >= 4 is 32.9 Å². The van der Waals surface area contributed by atoms with Crippen molar-refractivity contribution in [3.05, 3.63) is 52.3 Å². The number of halogens is 1. The van der Waals surface area contributed by atoms with Gasteiger partial charge in [-0.15, -0.1) is 0 Å². The van der Waals surface area contributed by atoms with Crippen LogP contribution in [0.5, 0.6) is 11.5 Å². The van der Waals surface area contributed by atoms with E-state index in [9.17, 15) is 5.11 Å². The summed E-state index contributed by atoms with van der Waals surface area (Å²) >= 11 is 5.28. The Balaban J connectivity index is 1.80. The Bertz CT molecular complexity index is 846. The predicted molar refractivity (Wildman–Crippen MR) is 108 cm³/mol. The number of nitrogens with zero attached hydrogens (tertiary/aromatic N) is 3. The summed E-state index contributed by atoms with van der Waals surface area (Å²) in [4.78, 5) is 11.9. The number of fused-ring (bicyclic) bond motifs is 1. The summed E-state index contributed by atoms with van der Waals surface area (Å²) in [7, 11) is 0. The summed E-state index contributed by atoms with van der Waals surface area (Å²) in [5.74, 6) is 0.623. The van der Waals surface area contributed by atoms with Crippen molar-refractivity contribution < 1.29 is 9.84 Å². The molecule has 1 saturated heterocycles. The largest absolute Gasteiger partial charge is 0.503 e. The molecule has 1 N–H and O–H groups in total. The number of phenols is 1. The Morgan fingerprint density at radius 2 is 2.23 bits per heavy atom. The highest BCUT2D eigenvalue weighted by atomic mass is 79.9. The van der Waals surface area contributed by atoms with Gasteiger partial charge in [-0.25, -0.2) is 0 Å². The monoisotopic (exact) mass is 433 g/mol. The molecule has 0 radical (unpaired) electrons. The maximum atomic E-state index is 10.3. The molecular weight excluding hydrogens is 414 g/mol. The summed E-state index contributed by atoms with van der Waals surface area (Å²) < 4.78 is 6.27. The lowest BCUT2D eigenvalue weighted by atomic mass is 9.96. The molecule has 3 atom stereocenters. The first-order valence-electron chi connectivity index (χ1n) is 8.65. The van der Waals surface area contributed by atoms with E-state index < -0.39 is 0 Å². The molecule has 0 amide bonds. The highest BCUT2D eigenvalue weighted by molar-refractivity contribution is 9.10. The van der Waals surface area contributed by atoms with Crippen molar-refractivity contribution in [3.8, 4) is 11.5 Å². The second-order valence-electron chi connectivity index (χ2n) is 6.42. The Morgan fingerprint density at radius 1 is 1.38 bits per heavy atom. The van der Waals surface area contributed by atoms with E-state index in [1.54, 1.807) is 0 Å². The van der Waals surface area contributed by atoms with Crippen molar-refractivity contribution in [1.29, 1.82) is 0 Å². The maximum Gasteiger partial charge on any atom is 0.172 e. The predicted octanol–water partition coefficient (Wildman–Crippen LogP) is 4.54. The Labute approximate surface area is 165 Å². The molecule has 0 saturated carbocycles. The highest BCUT2D eigenvalue weighted by Gasteiger charge is 2.43. The number of pyridine rings is 1. The fraction of sp³-hybridized carbons (Fsp3) is 0.368. The van der Waals surface area contributed by atoms with Crippen molar-refractivity contribution in [2.75, 3.05) is 13.2 Å². The first kappa shape index (κ1) is 17.7. The zero-order valence-electron chi connectivity index (χ0n) is 14.6. The number of amidine groups is 1. The second-order valence-corrected chi connectivity index (χ2v) is 8.68. The Hall–Kier alpha value is -1.73. The van der Waals surface area contributed by atoms with Gasteiger partial charge in [0, 0.05) is 18.0 Å². The standard InChI is InChI=1S/C19H20BrN3O2S/c1-3-25-15-9-12(8-13(20)18(15)24)17-16(14-6-4-5-7-21-14)22-19-23(17)10-11(2)26-19/h4-9,11,16-17,24H,3,10H2,1-2H3/t11-,16-,17+/m0/s1. The smallest absolute Gasteiger partial charge is 0.172 e. The lowest BCUT2D eigenvalue weighted by molar-refractivity contribution is 0.306. The molecule has 2 aliphatic heterocycles. The molecule has 2 aromatic rings. The molecule has 2 aliphatic rings. The highest BCUT2D eigenvalue weighted by Crippen LogP contribution is 2.49. The van der Waals surface area contributed by atoms with Crippen LogP contribution in [0.4, 0.5) is 0 Å². The van der Waals surface area contributed by atoms with Gasteiger partial charge in [0.2, 0.25) is 0 Å². The number of aliphatic imine (C=N–C) groups is 1. The first-order chi connectivity index (χ1) is 12.6. The van der Waals surface area contributed by atoms with Gasteiger partial charge in [0.1, 0.15) is 6.04 Å². The average molecular weight is 434 g/mol. The minimum Gasteiger partial charge on any atom is -0.503 e.